The number of hydrogen-bond acceptors (Lipinski definition) is 5. The largest absolute Gasteiger partial charge is 0.366 e. The molecule has 1 atom stereocenters. The maximum atomic E-state index is 12.9. The van der Waals surface area contributed by atoms with Crippen LogP contribution in [-0.4, -0.2) is 38.5 Å². The SMILES string of the molecule is FC(F)c1cn2c(-c3cccc(NC4CCNC4)n3)cnc2cn1. The van der Waals surface area contributed by atoms with Crippen molar-refractivity contribution in [2.45, 2.75) is 18.9 Å². The van der Waals surface area contributed by atoms with E-state index < -0.39 is 6.43 Å². The van der Waals surface area contributed by atoms with Gasteiger partial charge in [-0.25, -0.2) is 23.7 Å². The van der Waals surface area contributed by atoms with Crippen LogP contribution in [0, 0.1) is 0 Å². The van der Waals surface area contributed by atoms with Crippen molar-refractivity contribution in [2.75, 3.05) is 18.4 Å². The molecule has 1 fully saturated rings. The van der Waals surface area contributed by atoms with Gasteiger partial charge in [0, 0.05) is 18.8 Å². The Kier molecular flexibility index (Phi) is 3.81. The first-order chi connectivity index (χ1) is 11.7. The fourth-order valence-electron chi connectivity index (χ4n) is 2.85. The van der Waals surface area contributed by atoms with E-state index in [1.54, 1.807) is 10.6 Å². The number of halogens is 2. The molecule has 24 heavy (non-hydrogen) atoms. The number of alkyl halides is 2. The number of rotatable bonds is 4. The van der Waals surface area contributed by atoms with Gasteiger partial charge in [-0.3, -0.25) is 4.40 Å². The minimum absolute atomic E-state index is 0.284. The molecule has 0 bridgehead atoms. The summed E-state index contributed by atoms with van der Waals surface area (Å²) >= 11 is 0. The van der Waals surface area contributed by atoms with E-state index in [9.17, 15) is 8.78 Å². The van der Waals surface area contributed by atoms with Crippen molar-refractivity contribution in [3.8, 4) is 11.4 Å². The molecule has 1 saturated heterocycles. The molecule has 4 rings (SSSR count). The van der Waals surface area contributed by atoms with Crippen molar-refractivity contribution >= 4 is 11.5 Å². The maximum absolute atomic E-state index is 12.9. The number of nitrogens with zero attached hydrogens (tertiary/aromatic N) is 4. The third-order valence-electron chi connectivity index (χ3n) is 4.06. The molecular weight excluding hydrogens is 314 g/mol. The minimum Gasteiger partial charge on any atom is -0.366 e. The lowest BCUT2D eigenvalue weighted by Crippen LogP contribution is -2.22. The summed E-state index contributed by atoms with van der Waals surface area (Å²) in [6.07, 6.45) is 2.70. The molecule has 0 radical (unpaired) electrons. The molecule has 6 nitrogen and oxygen atoms in total. The zero-order valence-corrected chi connectivity index (χ0v) is 12.8. The van der Waals surface area contributed by atoms with Crippen molar-refractivity contribution in [3.63, 3.8) is 0 Å². The molecule has 3 aromatic rings. The zero-order chi connectivity index (χ0) is 16.5. The van der Waals surface area contributed by atoms with Gasteiger partial charge in [0.25, 0.3) is 6.43 Å². The first-order valence-corrected chi connectivity index (χ1v) is 7.76. The Balaban J connectivity index is 1.70. The Morgan fingerprint density at radius 1 is 1.25 bits per heavy atom. The summed E-state index contributed by atoms with van der Waals surface area (Å²) in [5.41, 5.74) is 1.55. The van der Waals surface area contributed by atoms with Crippen molar-refractivity contribution in [1.82, 2.24) is 24.7 Å². The molecule has 1 aliphatic rings. The van der Waals surface area contributed by atoms with E-state index >= 15 is 0 Å². The van der Waals surface area contributed by atoms with E-state index in [2.05, 4.69) is 25.6 Å². The van der Waals surface area contributed by atoms with E-state index in [1.165, 1.54) is 12.4 Å². The number of nitrogens with one attached hydrogen (secondary N) is 2. The fraction of sp³-hybridized carbons (Fsp3) is 0.312. The first kappa shape index (κ1) is 14.9. The van der Waals surface area contributed by atoms with Gasteiger partial charge in [-0.05, 0) is 25.1 Å². The Hall–Kier alpha value is -2.61. The maximum Gasteiger partial charge on any atom is 0.281 e. The molecule has 4 heterocycles. The predicted octanol–water partition coefficient (Wildman–Crippen LogP) is 2.50. The van der Waals surface area contributed by atoms with Crippen LogP contribution in [0.4, 0.5) is 14.6 Å². The van der Waals surface area contributed by atoms with E-state index in [1.807, 2.05) is 18.2 Å². The highest BCUT2D eigenvalue weighted by molar-refractivity contribution is 5.61. The van der Waals surface area contributed by atoms with Gasteiger partial charge in [0.2, 0.25) is 0 Å². The van der Waals surface area contributed by atoms with Gasteiger partial charge in [0.1, 0.15) is 11.5 Å². The van der Waals surface area contributed by atoms with E-state index in [-0.39, 0.29) is 5.69 Å². The van der Waals surface area contributed by atoms with Crippen LogP contribution in [0.3, 0.4) is 0 Å². The van der Waals surface area contributed by atoms with Crippen LogP contribution in [0.15, 0.2) is 36.8 Å². The Morgan fingerprint density at radius 2 is 2.17 bits per heavy atom. The lowest BCUT2D eigenvalue weighted by atomic mass is 10.2. The normalized spacial score (nSPS) is 17.7. The molecule has 2 N–H and O–H groups in total. The van der Waals surface area contributed by atoms with Crippen LogP contribution in [0.5, 0.6) is 0 Å². The summed E-state index contributed by atoms with van der Waals surface area (Å²) < 4.78 is 27.4. The number of hydrogen-bond donors (Lipinski definition) is 2. The van der Waals surface area contributed by atoms with E-state index in [4.69, 9.17) is 0 Å². The van der Waals surface area contributed by atoms with Crippen LogP contribution in [0.1, 0.15) is 18.5 Å². The standard InChI is InChI=1S/C16H16F2N6/c17-16(18)12-9-24-13(7-21-15(24)8-20-12)11-2-1-3-14(23-11)22-10-4-5-19-6-10/h1-3,7-10,16,19H,4-6H2,(H,22,23). The van der Waals surface area contributed by atoms with Crippen LogP contribution >= 0.6 is 0 Å². The Labute approximate surface area is 137 Å². The van der Waals surface area contributed by atoms with Crippen molar-refractivity contribution in [1.29, 1.82) is 0 Å². The molecule has 1 unspecified atom stereocenters. The average Bonchev–Trinajstić information content (AvgIpc) is 3.23. The highest BCUT2D eigenvalue weighted by Crippen LogP contribution is 2.23. The van der Waals surface area contributed by atoms with Crippen molar-refractivity contribution < 1.29 is 8.78 Å². The molecule has 8 heteroatoms. The van der Waals surface area contributed by atoms with E-state index in [0.717, 1.165) is 25.3 Å². The summed E-state index contributed by atoms with van der Waals surface area (Å²) in [6.45, 7) is 1.90. The fourth-order valence-corrected chi connectivity index (χ4v) is 2.85. The summed E-state index contributed by atoms with van der Waals surface area (Å²) in [4.78, 5) is 12.5. The number of pyridine rings is 1. The Bertz CT molecular complexity index is 857. The van der Waals surface area contributed by atoms with Gasteiger partial charge in [-0.15, -0.1) is 0 Å². The Morgan fingerprint density at radius 3 is 2.96 bits per heavy atom. The van der Waals surface area contributed by atoms with Crippen molar-refractivity contribution in [3.05, 3.63) is 42.5 Å². The van der Waals surface area contributed by atoms with Crippen LogP contribution < -0.4 is 10.6 Å². The molecule has 3 aromatic heterocycles. The lowest BCUT2D eigenvalue weighted by molar-refractivity contribution is 0.145. The lowest BCUT2D eigenvalue weighted by Gasteiger charge is -2.12. The quantitative estimate of drug-likeness (QED) is 0.769. The van der Waals surface area contributed by atoms with E-state index in [0.29, 0.717) is 23.1 Å². The second-order valence-corrected chi connectivity index (χ2v) is 5.73. The zero-order valence-electron chi connectivity index (χ0n) is 12.8. The van der Waals surface area contributed by atoms with Gasteiger partial charge >= 0.3 is 0 Å². The molecule has 0 amide bonds. The monoisotopic (exact) mass is 330 g/mol. The van der Waals surface area contributed by atoms with Crippen LogP contribution in [0.2, 0.25) is 0 Å². The van der Waals surface area contributed by atoms with Gasteiger partial charge in [0.05, 0.1) is 23.8 Å². The smallest absolute Gasteiger partial charge is 0.281 e. The van der Waals surface area contributed by atoms with Crippen LogP contribution in [0.25, 0.3) is 17.0 Å². The van der Waals surface area contributed by atoms with Crippen molar-refractivity contribution in [2.24, 2.45) is 0 Å². The third kappa shape index (κ3) is 2.80. The number of fused-ring (bicyclic) bond motifs is 1. The average molecular weight is 330 g/mol. The first-order valence-electron chi connectivity index (χ1n) is 7.76. The second-order valence-electron chi connectivity index (χ2n) is 5.73. The molecule has 1 aliphatic heterocycles. The van der Waals surface area contributed by atoms with Crippen LogP contribution in [-0.2, 0) is 0 Å². The summed E-state index contributed by atoms with van der Waals surface area (Å²) in [5.74, 6) is 0.763. The van der Waals surface area contributed by atoms with Gasteiger partial charge in [-0.1, -0.05) is 6.07 Å². The molecule has 0 saturated carbocycles. The summed E-state index contributed by atoms with van der Waals surface area (Å²) in [6, 6.07) is 5.98. The van der Waals surface area contributed by atoms with Gasteiger partial charge < -0.3 is 10.6 Å². The highest BCUT2D eigenvalue weighted by Gasteiger charge is 2.16. The minimum atomic E-state index is -2.62. The summed E-state index contributed by atoms with van der Waals surface area (Å²) in [5, 5.41) is 6.68. The second kappa shape index (κ2) is 6.12. The predicted molar refractivity (Wildman–Crippen MR) is 86.1 cm³/mol. The number of anilines is 1. The molecule has 0 aromatic carbocycles. The number of aromatic nitrogens is 4. The highest BCUT2D eigenvalue weighted by atomic mass is 19.3. The number of imidazole rings is 1. The van der Waals surface area contributed by atoms with Gasteiger partial charge in [-0.2, -0.15) is 0 Å². The third-order valence-corrected chi connectivity index (χ3v) is 4.06. The molecule has 124 valence electrons. The molecule has 0 aliphatic carbocycles. The summed E-state index contributed by atoms with van der Waals surface area (Å²) in [7, 11) is 0. The molecule has 0 spiro atoms. The van der Waals surface area contributed by atoms with Gasteiger partial charge in [0.15, 0.2) is 5.65 Å². The topological polar surface area (TPSA) is 67.1 Å². The molecular formula is C16H16F2N6.